The largest absolute Gasteiger partial charge is 0.346 e. The summed E-state index contributed by atoms with van der Waals surface area (Å²) in [7, 11) is 0. The Kier molecular flexibility index (Phi) is 5.08. The predicted octanol–water partition coefficient (Wildman–Crippen LogP) is 2.96. The van der Waals surface area contributed by atoms with Gasteiger partial charge in [0, 0.05) is 6.20 Å². The van der Waals surface area contributed by atoms with E-state index in [9.17, 15) is 4.79 Å². The van der Waals surface area contributed by atoms with Crippen molar-refractivity contribution in [3.8, 4) is 0 Å². The Morgan fingerprint density at radius 1 is 1.12 bits per heavy atom. The molecule has 122 valence electrons. The molecule has 1 amide bonds. The SMILES string of the molecule is O=C(NCc1ccn(Cc2ccccc2)n1)c1cc(Cl)nnc1Cl. The Hall–Kier alpha value is -2.44. The van der Waals surface area contributed by atoms with Crippen molar-refractivity contribution in [1.82, 2.24) is 25.3 Å². The molecule has 0 aliphatic carbocycles. The average molecular weight is 362 g/mol. The molecule has 0 fully saturated rings. The number of rotatable bonds is 5. The Labute approximate surface area is 148 Å². The molecule has 2 heterocycles. The number of halogens is 2. The molecule has 24 heavy (non-hydrogen) atoms. The summed E-state index contributed by atoms with van der Waals surface area (Å²) < 4.78 is 1.81. The van der Waals surface area contributed by atoms with E-state index in [1.165, 1.54) is 6.07 Å². The van der Waals surface area contributed by atoms with Crippen LogP contribution in [0, 0.1) is 0 Å². The Bertz CT molecular complexity index is 851. The molecule has 0 radical (unpaired) electrons. The lowest BCUT2D eigenvalue weighted by Gasteiger charge is -2.05. The number of nitrogens with one attached hydrogen (secondary N) is 1. The van der Waals surface area contributed by atoms with Crippen molar-refractivity contribution in [2.75, 3.05) is 0 Å². The van der Waals surface area contributed by atoms with Crippen molar-refractivity contribution in [3.05, 3.63) is 75.8 Å². The summed E-state index contributed by atoms with van der Waals surface area (Å²) >= 11 is 11.6. The zero-order chi connectivity index (χ0) is 16.9. The molecule has 0 saturated carbocycles. The van der Waals surface area contributed by atoms with Crippen molar-refractivity contribution in [3.63, 3.8) is 0 Å². The molecular formula is C16H13Cl2N5O. The van der Waals surface area contributed by atoms with Gasteiger partial charge >= 0.3 is 0 Å². The fourth-order valence-corrected chi connectivity index (χ4v) is 2.46. The molecule has 1 aromatic carbocycles. The van der Waals surface area contributed by atoms with E-state index in [0.717, 1.165) is 11.3 Å². The van der Waals surface area contributed by atoms with Crippen LogP contribution in [0.5, 0.6) is 0 Å². The van der Waals surface area contributed by atoms with Gasteiger partial charge in [-0.2, -0.15) is 5.10 Å². The highest BCUT2D eigenvalue weighted by molar-refractivity contribution is 6.34. The van der Waals surface area contributed by atoms with Crippen LogP contribution in [-0.4, -0.2) is 25.9 Å². The molecule has 6 nitrogen and oxygen atoms in total. The summed E-state index contributed by atoms with van der Waals surface area (Å²) in [6.07, 6.45) is 1.87. The van der Waals surface area contributed by atoms with Crippen LogP contribution in [0.4, 0.5) is 0 Å². The number of amides is 1. The molecular weight excluding hydrogens is 349 g/mol. The molecule has 0 unspecified atom stereocenters. The van der Waals surface area contributed by atoms with Crippen molar-refractivity contribution in [2.24, 2.45) is 0 Å². The highest BCUT2D eigenvalue weighted by atomic mass is 35.5. The van der Waals surface area contributed by atoms with Gasteiger partial charge in [0.15, 0.2) is 10.3 Å². The molecule has 3 rings (SSSR count). The van der Waals surface area contributed by atoms with E-state index in [-0.39, 0.29) is 28.3 Å². The summed E-state index contributed by atoms with van der Waals surface area (Å²) in [5.41, 5.74) is 2.07. The molecule has 0 saturated heterocycles. The zero-order valence-corrected chi connectivity index (χ0v) is 14.0. The van der Waals surface area contributed by atoms with Crippen molar-refractivity contribution < 1.29 is 4.79 Å². The smallest absolute Gasteiger partial charge is 0.254 e. The fourth-order valence-electron chi connectivity index (χ4n) is 2.13. The summed E-state index contributed by atoms with van der Waals surface area (Å²) in [6.45, 7) is 0.946. The zero-order valence-electron chi connectivity index (χ0n) is 12.5. The van der Waals surface area contributed by atoms with E-state index >= 15 is 0 Å². The highest BCUT2D eigenvalue weighted by Gasteiger charge is 2.13. The van der Waals surface area contributed by atoms with E-state index in [1.54, 1.807) is 0 Å². The van der Waals surface area contributed by atoms with Crippen LogP contribution in [0.1, 0.15) is 21.6 Å². The second-order valence-electron chi connectivity index (χ2n) is 5.04. The standard InChI is InChI=1S/C16H13Cl2N5O/c17-14-8-13(15(18)21-20-14)16(24)19-9-12-6-7-23(22-12)10-11-4-2-1-3-5-11/h1-8H,9-10H2,(H,19,24). The van der Waals surface area contributed by atoms with Gasteiger partial charge < -0.3 is 5.32 Å². The van der Waals surface area contributed by atoms with E-state index < -0.39 is 0 Å². The lowest BCUT2D eigenvalue weighted by Crippen LogP contribution is -2.24. The first-order valence-electron chi connectivity index (χ1n) is 7.15. The average Bonchev–Trinajstić information content (AvgIpc) is 3.03. The lowest BCUT2D eigenvalue weighted by molar-refractivity contribution is 0.0950. The molecule has 0 atom stereocenters. The first-order chi connectivity index (χ1) is 11.6. The van der Waals surface area contributed by atoms with E-state index in [2.05, 4.69) is 20.6 Å². The number of carbonyl (C=O) groups is 1. The van der Waals surface area contributed by atoms with Crippen LogP contribution < -0.4 is 5.32 Å². The van der Waals surface area contributed by atoms with Gasteiger partial charge in [0.1, 0.15) is 0 Å². The minimum absolute atomic E-state index is 0.00602. The molecule has 0 bridgehead atoms. The molecule has 2 aromatic heterocycles. The molecule has 8 heteroatoms. The maximum absolute atomic E-state index is 12.1. The lowest BCUT2D eigenvalue weighted by atomic mass is 10.2. The molecule has 1 N–H and O–H groups in total. The molecule has 0 aliphatic heterocycles. The number of aromatic nitrogens is 4. The van der Waals surface area contributed by atoms with Crippen LogP contribution in [0.3, 0.4) is 0 Å². The monoisotopic (exact) mass is 361 g/mol. The number of carbonyl (C=O) groups excluding carboxylic acids is 1. The minimum Gasteiger partial charge on any atom is -0.346 e. The number of benzene rings is 1. The van der Waals surface area contributed by atoms with E-state index in [0.29, 0.717) is 6.54 Å². The third-order valence-electron chi connectivity index (χ3n) is 3.28. The number of nitrogens with zero attached hydrogens (tertiary/aromatic N) is 4. The highest BCUT2D eigenvalue weighted by Crippen LogP contribution is 2.15. The predicted molar refractivity (Wildman–Crippen MR) is 91.0 cm³/mol. The summed E-state index contributed by atoms with van der Waals surface area (Å²) in [5.74, 6) is -0.380. The summed E-state index contributed by atoms with van der Waals surface area (Å²) in [6, 6.07) is 13.2. The van der Waals surface area contributed by atoms with E-state index in [4.69, 9.17) is 23.2 Å². The third-order valence-corrected chi connectivity index (χ3v) is 3.74. The fraction of sp³-hybridized carbons (Fsp3) is 0.125. The topological polar surface area (TPSA) is 72.7 Å². The third kappa shape index (κ3) is 4.10. The van der Waals surface area contributed by atoms with Crippen molar-refractivity contribution in [2.45, 2.75) is 13.1 Å². The van der Waals surface area contributed by atoms with Gasteiger partial charge in [-0.25, -0.2) is 0 Å². The van der Waals surface area contributed by atoms with E-state index in [1.807, 2.05) is 47.3 Å². The molecule has 0 spiro atoms. The number of hydrogen-bond acceptors (Lipinski definition) is 4. The summed E-state index contributed by atoms with van der Waals surface area (Å²) in [4.78, 5) is 12.1. The second kappa shape index (κ2) is 7.42. The minimum atomic E-state index is -0.380. The van der Waals surface area contributed by atoms with Gasteiger partial charge in [-0.1, -0.05) is 53.5 Å². The summed E-state index contributed by atoms with van der Waals surface area (Å²) in [5, 5.41) is 14.5. The van der Waals surface area contributed by atoms with Gasteiger partial charge in [-0.05, 0) is 17.7 Å². The Balaban J connectivity index is 1.61. The molecule has 0 aliphatic rings. The second-order valence-corrected chi connectivity index (χ2v) is 5.79. The van der Waals surface area contributed by atoms with Crippen LogP contribution in [-0.2, 0) is 13.1 Å². The van der Waals surface area contributed by atoms with Crippen molar-refractivity contribution in [1.29, 1.82) is 0 Å². The quantitative estimate of drug-likeness (QED) is 0.758. The first-order valence-corrected chi connectivity index (χ1v) is 7.90. The Morgan fingerprint density at radius 2 is 1.92 bits per heavy atom. The van der Waals surface area contributed by atoms with Crippen LogP contribution in [0.25, 0.3) is 0 Å². The molecule has 3 aromatic rings. The first kappa shape index (κ1) is 16.4. The maximum atomic E-state index is 12.1. The normalized spacial score (nSPS) is 10.6. The van der Waals surface area contributed by atoms with Gasteiger partial charge in [-0.15, -0.1) is 10.2 Å². The number of hydrogen-bond donors (Lipinski definition) is 1. The van der Waals surface area contributed by atoms with Gasteiger partial charge in [0.2, 0.25) is 0 Å². The maximum Gasteiger partial charge on any atom is 0.254 e. The Morgan fingerprint density at radius 3 is 2.71 bits per heavy atom. The van der Waals surface area contributed by atoms with Gasteiger partial charge in [0.25, 0.3) is 5.91 Å². The van der Waals surface area contributed by atoms with Crippen LogP contribution in [0.15, 0.2) is 48.7 Å². The van der Waals surface area contributed by atoms with Crippen LogP contribution >= 0.6 is 23.2 Å². The van der Waals surface area contributed by atoms with Gasteiger partial charge in [0.05, 0.1) is 24.3 Å². The van der Waals surface area contributed by atoms with Crippen molar-refractivity contribution >= 4 is 29.1 Å². The van der Waals surface area contributed by atoms with Crippen LogP contribution in [0.2, 0.25) is 10.3 Å². The van der Waals surface area contributed by atoms with Gasteiger partial charge in [-0.3, -0.25) is 9.48 Å².